The van der Waals surface area contributed by atoms with E-state index in [1.54, 1.807) is 0 Å². The van der Waals surface area contributed by atoms with Crippen molar-refractivity contribution in [1.29, 1.82) is 0 Å². The van der Waals surface area contributed by atoms with Gasteiger partial charge in [0.15, 0.2) is 0 Å². The molecule has 0 aliphatic carbocycles. The van der Waals surface area contributed by atoms with Crippen molar-refractivity contribution >= 4 is 48.2 Å². The van der Waals surface area contributed by atoms with Gasteiger partial charge >= 0.3 is 0 Å². The lowest BCUT2D eigenvalue weighted by Crippen LogP contribution is -2.59. The zero-order valence-electron chi connectivity index (χ0n) is 25.1. The third-order valence-electron chi connectivity index (χ3n) is 8.45. The summed E-state index contributed by atoms with van der Waals surface area (Å²) in [5.41, 5.74) is 1.09. The number of carbonyl (C=O) groups excluding carboxylic acids is 2. The average molecular weight is 648 g/mol. The van der Waals surface area contributed by atoms with Crippen LogP contribution in [0.1, 0.15) is 44.7 Å². The molecule has 2 aromatic carbocycles. The lowest BCUT2D eigenvalue weighted by molar-refractivity contribution is -0.147. The molecule has 6 nitrogen and oxygen atoms in total. The van der Waals surface area contributed by atoms with Gasteiger partial charge in [0, 0.05) is 61.3 Å². The Labute approximate surface area is 266 Å². The first-order valence-corrected chi connectivity index (χ1v) is 14.3. The Bertz CT molecular complexity index is 1240. The predicted molar refractivity (Wildman–Crippen MR) is 169 cm³/mol. The van der Waals surface area contributed by atoms with Crippen molar-refractivity contribution in [1.82, 2.24) is 19.6 Å². The largest absolute Gasteiger partial charge is 0.337 e. The van der Waals surface area contributed by atoms with Crippen LogP contribution in [0.3, 0.4) is 0 Å². The molecule has 2 aliphatic rings. The Morgan fingerprint density at radius 3 is 2.26 bits per heavy atom. The minimum Gasteiger partial charge on any atom is -0.337 e. The smallest absolute Gasteiger partial charge is 0.240 e. The molecule has 0 N–H and O–H groups in total. The minimum atomic E-state index is -0.630. The Hall–Kier alpha value is -1.97. The van der Waals surface area contributed by atoms with Crippen LogP contribution in [0.25, 0.3) is 0 Å². The molecular formula is C31H43Cl3F2N4O2. The predicted octanol–water partition coefficient (Wildman–Crippen LogP) is 5.51. The highest BCUT2D eigenvalue weighted by Crippen LogP contribution is 2.39. The normalized spacial score (nSPS) is 22.0. The number of halogens is 5. The van der Waals surface area contributed by atoms with Crippen molar-refractivity contribution in [3.8, 4) is 0 Å². The lowest BCUT2D eigenvalue weighted by Gasteiger charge is -2.43. The number of carbonyl (C=O) groups is 2. The zero-order chi connectivity index (χ0) is 29.4. The van der Waals surface area contributed by atoms with E-state index in [0.717, 1.165) is 11.6 Å². The summed E-state index contributed by atoms with van der Waals surface area (Å²) in [5, 5.41) is 0.638. The summed E-state index contributed by atoms with van der Waals surface area (Å²) in [6.45, 7) is 10.5. The number of nitrogens with zero attached hydrogens (tertiary/aromatic N) is 4. The average Bonchev–Trinajstić information content (AvgIpc) is 3.33. The monoisotopic (exact) mass is 646 g/mol. The molecule has 2 fully saturated rings. The van der Waals surface area contributed by atoms with Crippen LogP contribution in [0, 0.1) is 17.6 Å². The van der Waals surface area contributed by atoms with Crippen molar-refractivity contribution in [2.24, 2.45) is 5.92 Å². The summed E-state index contributed by atoms with van der Waals surface area (Å²) < 4.78 is 28.6. The van der Waals surface area contributed by atoms with Gasteiger partial charge in [0.2, 0.25) is 11.8 Å². The van der Waals surface area contributed by atoms with E-state index in [1.807, 2.05) is 60.0 Å². The third-order valence-corrected chi connectivity index (χ3v) is 8.82. The molecule has 11 heteroatoms. The number of hydrogen-bond donors (Lipinski definition) is 0. The summed E-state index contributed by atoms with van der Waals surface area (Å²) >= 11 is 6.38. The fraction of sp³-hybridized carbons (Fsp3) is 0.548. The van der Waals surface area contributed by atoms with Crippen LogP contribution in [0.2, 0.25) is 5.02 Å². The van der Waals surface area contributed by atoms with Crippen molar-refractivity contribution in [2.75, 3.05) is 46.8 Å². The number of benzene rings is 2. The second-order valence-corrected chi connectivity index (χ2v) is 12.8. The quantitative estimate of drug-likeness (QED) is 0.415. The maximum atomic E-state index is 14.9. The van der Waals surface area contributed by atoms with Gasteiger partial charge in [-0.3, -0.25) is 19.4 Å². The van der Waals surface area contributed by atoms with Crippen molar-refractivity contribution in [3.05, 3.63) is 70.2 Å². The van der Waals surface area contributed by atoms with Gasteiger partial charge in [-0.25, -0.2) is 8.78 Å². The molecule has 0 bridgehead atoms. The first-order valence-electron chi connectivity index (χ1n) is 14.0. The summed E-state index contributed by atoms with van der Waals surface area (Å²) in [5.74, 6) is -2.12. The summed E-state index contributed by atoms with van der Waals surface area (Å²) in [6, 6.07) is 10.6. The summed E-state index contributed by atoms with van der Waals surface area (Å²) in [7, 11) is 3.77. The highest BCUT2D eigenvalue weighted by Gasteiger charge is 2.46. The number of piperazine rings is 1. The van der Waals surface area contributed by atoms with E-state index < -0.39 is 17.6 Å². The van der Waals surface area contributed by atoms with Gasteiger partial charge in [0.25, 0.3) is 0 Å². The molecule has 4 atom stereocenters. The molecule has 2 heterocycles. The van der Waals surface area contributed by atoms with Crippen LogP contribution >= 0.6 is 36.4 Å². The van der Waals surface area contributed by atoms with Gasteiger partial charge in [0.1, 0.15) is 11.6 Å². The molecule has 2 aliphatic heterocycles. The maximum Gasteiger partial charge on any atom is 0.240 e. The second-order valence-electron chi connectivity index (χ2n) is 12.4. The van der Waals surface area contributed by atoms with Gasteiger partial charge in [-0.1, -0.05) is 35.9 Å². The van der Waals surface area contributed by atoms with Crippen LogP contribution in [0.4, 0.5) is 8.78 Å². The van der Waals surface area contributed by atoms with E-state index in [-0.39, 0.29) is 60.2 Å². The van der Waals surface area contributed by atoms with E-state index in [1.165, 1.54) is 12.1 Å². The highest BCUT2D eigenvalue weighted by atomic mass is 35.5. The Morgan fingerprint density at radius 2 is 1.69 bits per heavy atom. The molecule has 0 spiro atoms. The molecule has 4 rings (SSSR count). The van der Waals surface area contributed by atoms with Crippen LogP contribution in [0.15, 0.2) is 42.5 Å². The number of amides is 2. The standard InChI is InChI=1S/C31H41ClF2N4O2.2ClH/c1-20-17-36(30(40)28(35(5)6)15-21-9-7-8-10-26(21)32)13-14-38(20)29(39)25-19-37(31(2,3)4)18-24(25)23-12-11-22(33)16-27(23)34;;/h7-12,16,20,24-25,28H,13-15,17-19H2,1-6H3;2*1H/t20-,24-,25+,28?;;/m0../s1. The van der Waals surface area contributed by atoms with Gasteiger partial charge in [-0.15, -0.1) is 24.8 Å². The van der Waals surface area contributed by atoms with Gasteiger partial charge < -0.3 is 9.80 Å². The number of likely N-dealkylation sites (tertiary alicyclic amines) is 1. The van der Waals surface area contributed by atoms with Crippen LogP contribution in [-0.2, 0) is 16.0 Å². The first kappa shape index (κ1) is 36.2. The topological polar surface area (TPSA) is 47.1 Å². The maximum absolute atomic E-state index is 14.9. The first-order chi connectivity index (χ1) is 18.8. The molecule has 234 valence electrons. The molecule has 0 radical (unpaired) electrons. The van der Waals surface area contributed by atoms with Crippen molar-refractivity contribution in [2.45, 2.75) is 57.7 Å². The van der Waals surface area contributed by atoms with Gasteiger partial charge in [-0.2, -0.15) is 0 Å². The molecule has 0 aromatic heterocycles. The van der Waals surface area contributed by atoms with Crippen molar-refractivity contribution < 1.29 is 18.4 Å². The Morgan fingerprint density at radius 1 is 1.02 bits per heavy atom. The molecule has 2 aromatic rings. The Kier molecular flexibility index (Phi) is 12.7. The molecule has 42 heavy (non-hydrogen) atoms. The summed E-state index contributed by atoms with van der Waals surface area (Å²) in [4.78, 5) is 35.5. The van der Waals surface area contributed by atoms with E-state index >= 15 is 0 Å². The van der Waals surface area contributed by atoms with Crippen LogP contribution in [0.5, 0.6) is 0 Å². The minimum absolute atomic E-state index is 0. The van der Waals surface area contributed by atoms with Crippen LogP contribution < -0.4 is 0 Å². The number of likely N-dealkylation sites (N-methyl/N-ethyl adjacent to an activating group) is 1. The molecular weight excluding hydrogens is 605 g/mol. The molecule has 0 saturated carbocycles. The lowest BCUT2D eigenvalue weighted by atomic mass is 9.87. The van der Waals surface area contributed by atoms with E-state index in [4.69, 9.17) is 11.6 Å². The fourth-order valence-corrected chi connectivity index (χ4v) is 6.20. The number of hydrogen-bond acceptors (Lipinski definition) is 4. The van der Waals surface area contributed by atoms with Gasteiger partial charge in [-0.05, 0) is 71.5 Å². The number of rotatable bonds is 6. The van der Waals surface area contributed by atoms with Crippen LogP contribution in [-0.4, -0.2) is 95.9 Å². The summed E-state index contributed by atoms with van der Waals surface area (Å²) in [6.07, 6.45) is 0.495. The van der Waals surface area contributed by atoms with Crippen molar-refractivity contribution in [3.63, 3.8) is 0 Å². The van der Waals surface area contributed by atoms with E-state index in [2.05, 4.69) is 25.7 Å². The van der Waals surface area contributed by atoms with E-state index in [9.17, 15) is 18.4 Å². The SMILES string of the molecule is C[C@H]1CN(C(=O)C(Cc2ccccc2Cl)N(C)C)CCN1C(=O)[C@@H]1CN(C(C)(C)C)C[C@H]1c1ccc(F)cc1F.Cl.Cl. The fourth-order valence-electron chi connectivity index (χ4n) is 5.99. The Balaban J connectivity index is 0.00000308. The highest BCUT2D eigenvalue weighted by molar-refractivity contribution is 6.31. The molecule has 2 saturated heterocycles. The van der Waals surface area contributed by atoms with E-state index in [0.29, 0.717) is 49.7 Å². The zero-order valence-corrected chi connectivity index (χ0v) is 27.5. The third kappa shape index (κ3) is 7.94. The molecule has 1 unspecified atom stereocenters. The second kappa shape index (κ2) is 14.7. The van der Waals surface area contributed by atoms with Gasteiger partial charge in [0.05, 0.1) is 12.0 Å². The molecule has 2 amide bonds.